The summed E-state index contributed by atoms with van der Waals surface area (Å²) >= 11 is 0. The van der Waals surface area contributed by atoms with Crippen LogP contribution in [0.1, 0.15) is 0 Å². The Kier molecular flexibility index (Phi) is 6.10. The molecule has 0 aliphatic rings. The van der Waals surface area contributed by atoms with Gasteiger partial charge in [-0.2, -0.15) is 0 Å². The van der Waals surface area contributed by atoms with Crippen molar-refractivity contribution in [3.63, 3.8) is 0 Å². The molecule has 0 aliphatic carbocycles. The highest BCUT2D eigenvalue weighted by atomic mass is 28.3. The molecule has 5 aromatic carbocycles. The highest BCUT2D eigenvalue weighted by Crippen LogP contribution is 2.23. The first-order valence-corrected chi connectivity index (χ1v) is 14.1. The summed E-state index contributed by atoms with van der Waals surface area (Å²) in [5.74, 6) is -1.03. The quantitative estimate of drug-likeness (QED) is 0.235. The maximum Gasteiger partial charge on any atom is 0.179 e. The first-order valence-electron chi connectivity index (χ1n) is 12.1. The summed E-state index contributed by atoms with van der Waals surface area (Å²) in [5, 5.41) is 3.73. The minimum absolute atomic E-state index is 0.343. The molecular formula is C32H21F3N2Si. The third-order valence-electron chi connectivity index (χ3n) is 6.95. The predicted molar refractivity (Wildman–Crippen MR) is 148 cm³/mol. The van der Waals surface area contributed by atoms with E-state index in [1.54, 1.807) is 48.8 Å². The number of hydrogen-bond donors (Lipinski definition) is 0. The van der Waals surface area contributed by atoms with Crippen LogP contribution < -0.4 is 20.7 Å². The van der Waals surface area contributed by atoms with Crippen LogP contribution in [-0.4, -0.2) is 18.0 Å². The number of rotatable bonds is 5. The Morgan fingerprint density at radius 2 is 0.763 bits per heavy atom. The van der Waals surface area contributed by atoms with Crippen LogP contribution in [0.2, 0.25) is 0 Å². The lowest BCUT2D eigenvalue weighted by molar-refractivity contribution is 0.628. The first kappa shape index (κ1) is 23.8. The van der Waals surface area contributed by atoms with Crippen molar-refractivity contribution in [3.8, 4) is 11.1 Å². The maximum absolute atomic E-state index is 14.0. The molecule has 0 radical (unpaired) electrons. The van der Waals surface area contributed by atoms with Gasteiger partial charge in [0.2, 0.25) is 0 Å². The van der Waals surface area contributed by atoms with E-state index in [-0.39, 0.29) is 17.5 Å². The van der Waals surface area contributed by atoms with Gasteiger partial charge in [-0.05, 0) is 80.4 Å². The zero-order chi connectivity index (χ0) is 26.1. The molecule has 0 aliphatic heterocycles. The van der Waals surface area contributed by atoms with Gasteiger partial charge >= 0.3 is 0 Å². The summed E-state index contributed by atoms with van der Waals surface area (Å²) in [6, 6.07) is 33.5. The number of benzene rings is 5. The van der Waals surface area contributed by atoms with Gasteiger partial charge in [0, 0.05) is 12.4 Å². The fourth-order valence-corrected chi connectivity index (χ4v) is 9.82. The minimum Gasteiger partial charge on any atom is -0.253 e. The monoisotopic (exact) mass is 518 g/mol. The second-order valence-corrected chi connectivity index (χ2v) is 12.9. The Hall–Kier alpha value is -4.55. The second-order valence-electron chi connectivity index (χ2n) is 9.11. The summed E-state index contributed by atoms with van der Waals surface area (Å²) in [6.45, 7) is 0. The number of halogens is 3. The van der Waals surface area contributed by atoms with Gasteiger partial charge in [-0.15, -0.1) is 0 Å². The van der Waals surface area contributed by atoms with Gasteiger partial charge in [0.05, 0.1) is 11.0 Å². The summed E-state index contributed by atoms with van der Waals surface area (Å²) < 4.78 is 42.1. The molecular weight excluding hydrogens is 497 g/mol. The second kappa shape index (κ2) is 9.72. The molecule has 0 spiro atoms. The molecule has 2 nitrogen and oxygen atoms in total. The van der Waals surface area contributed by atoms with E-state index >= 15 is 0 Å². The van der Waals surface area contributed by atoms with Crippen molar-refractivity contribution in [2.45, 2.75) is 0 Å². The van der Waals surface area contributed by atoms with E-state index in [9.17, 15) is 13.2 Å². The van der Waals surface area contributed by atoms with Crippen molar-refractivity contribution in [2.24, 2.45) is 0 Å². The average Bonchev–Trinajstić information content (AvgIpc) is 2.96. The molecule has 0 saturated heterocycles. The average molecular weight is 519 g/mol. The topological polar surface area (TPSA) is 25.8 Å². The van der Waals surface area contributed by atoms with Gasteiger partial charge in [0.15, 0.2) is 8.07 Å². The van der Waals surface area contributed by atoms with Crippen LogP contribution in [0.25, 0.3) is 22.2 Å². The van der Waals surface area contributed by atoms with E-state index in [1.807, 2.05) is 30.3 Å². The first-order chi connectivity index (χ1) is 18.5. The normalized spacial score (nSPS) is 11.6. The summed E-state index contributed by atoms with van der Waals surface area (Å²) in [6.07, 6.45) is 3.34. The van der Waals surface area contributed by atoms with Gasteiger partial charge < -0.3 is 0 Å². The third-order valence-corrected chi connectivity index (χ3v) is 11.7. The largest absolute Gasteiger partial charge is 0.253 e. The fourth-order valence-electron chi connectivity index (χ4n) is 5.16. The van der Waals surface area contributed by atoms with Crippen LogP contribution in [0.3, 0.4) is 0 Å². The van der Waals surface area contributed by atoms with Crippen LogP contribution in [0.4, 0.5) is 13.2 Å². The Bertz CT molecular complexity index is 1610. The highest BCUT2D eigenvalue weighted by molar-refractivity contribution is 7.19. The lowest BCUT2D eigenvalue weighted by Crippen LogP contribution is -2.74. The number of hydrogen-bond acceptors (Lipinski definition) is 2. The van der Waals surface area contributed by atoms with Crippen molar-refractivity contribution in [1.29, 1.82) is 0 Å². The molecule has 6 aromatic rings. The van der Waals surface area contributed by atoms with E-state index in [4.69, 9.17) is 0 Å². The summed E-state index contributed by atoms with van der Waals surface area (Å²) in [7, 11) is -3.06. The molecule has 0 N–H and O–H groups in total. The van der Waals surface area contributed by atoms with E-state index in [0.717, 1.165) is 42.9 Å². The van der Waals surface area contributed by atoms with Crippen LogP contribution in [0, 0.1) is 17.5 Å². The molecule has 1 aromatic heterocycles. The fraction of sp³-hybridized carbons (Fsp3) is 0. The molecule has 0 unspecified atom stereocenters. The predicted octanol–water partition coefficient (Wildman–Crippen LogP) is 5.09. The molecule has 6 heteroatoms. The lowest BCUT2D eigenvalue weighted by Gasteiger charge is -2.34. The van der Waals surface area contributed by atoms with Crippen molar-refractivity contribution < 1.29 is 13.2 Å². The smallest absolute Gasteiger partial charge is 0.179 e. The van der Waals surface area contributed by atoms with Crippen molar-refractivity contribution in [3.05, 3.63) is 145 Å². The van der Waals surface area contributed by atoms with E-state index < -0.39 is 8.07 Å². The molecule has 184 valence electrons. The maximum atomic E-state index is 14.0. The Morgan fingerprint density at radius 3 is 1.21 bits per heavy atom. The van der Waals surface area contributed by atoms with Gasteiger partial charge in [-0.3, -0.25) is 9.97 Å². The Labute approximate surface area is 219 Å². The number of fused-ring (bicyclic) bond motifs is 1. The summed E-state index contributed by atoms with van der Waals surface area (Å²) in [4.78, 5) is 8.76. The van der Waals surface area contributed by atoms with Crippen molar-refractivity contribution in [1.82, 2.24) is 9.97 Å². The molecule has 6 rings (SSSR count). The zero-order valence-electron chi connectivity index (χ0n) is 20.2. The molecule has 38 heavy (non-hydrogen) atoms. The van der Waals surface area contributed by atoms with E-state index in [2.05, 4.69) is 22.1 Å². The van der Waals surface area contributed by atoms with E-state index in [0.29, 0.717) is 0 Å². The minimum atomic E-state index is -3.06. The van der Waals surface area contributed by atoms with Crippen LogP contribution in [0.5, 0.6) is 0 Å². The third kappa shape index (κ3) is 4.19. The van der Waals surface area contributed by atoms with Gasteiger partial charge in [0.25, 0.3) is 0 Å². The van der Waals surface area contributed by atoms with Crippen LogP contribution in [0.15, 0.2) is 128 Å². The van der Waals surface area contributed by atoms with Crippen LogP contribution >= 0.6 is 0 Å². The van der Waals surface area contributed by atoms with Crippen molar-refractivity contribution in [2.75, 3.05) is 0 Å². The standard InChI is InChI=1S/C32H21F3N2Si/c33-24-4-12-28(13-5-24)38(29-14-6-25(34)7-15-29,30-16-8-26(35)9-17-30)27-10-1-22(2-11-27)23-3-18-31-32(21-23)37-20-19-36-31/h1-21H. The molecule has 0 bridgehead atoms. The molecule has 0 saturated carbocycles. The van der Waals surface area contributed by atoms with Crippen LogP contribution in [-0.2, 0) is 0 Å². The van der Waals surface area contributed by atoms with Crippen molar-refractivity contribution >= 4 is 39.9 Å². The zero-order valence-corrected chi connectivity index (χ0v) is 21.2. The Balaban J connectivity index is 1.58. The van der Waals surface area contributed by atoms with Gasteiger partial charge in [-0.1, -0.05) is 66.7 Å². The number of aromatic nitrogens is 2. The Morgan fingerprint density at radius 1 is 0.395 bits per heavy atom. The van der Waals surface area contributed by atoms with E-state index in [1.165, 1.54) is 36.4 Å². The summed E-state index contributed by atoms with van der Waals surface area (Å²) in [5.41, 5.74) is 3.63. The van der Waals surface area contributed by atoms with Gasteiger partial charge in [0.1, 0.15) is 17.5 Å². The lowest BCUT2D eigenvalue weighted by atomic mass is 10.1. The molecule has 0 amide bonds. The SMILES string of the molecule is Fc1ccc([Si](c2ccc(F)cc2)(c2ccc(F)cc2)c2ccc(-c3ccc4nccnc4c3)cc2)cc1. The molecule has 0 atom stereocenters. The highest BCUT2D eigenvalue weighted by Gasteiger charge is 2.41. The molecule has 0 fully saturated rings. The van der Waals surface area contributed by atoms with Gasteiger partial charge in [-0.25, -0.2) is 13.2 Å². The molecule has 1 heterocycles. The number of nitrogens with zero attached hydrogens (tertiary/aromatic N) is 2.